The maximum atomic E-state index is 14.3. The summed E-state index contributed by atoms with van der Waals surface area (Å²) in [7, 11) is 0. The zero-order chi connectivity index (χ0) is 18.8. The minimum atomic E-state index is -0.656. The minimum absolute atomic E-state index is 0.304. The van der Waals surface area contributed by atoms with Gasteiger partial charge in [-0.2, -0.15) is 0 Å². The van der Waals surface area contributed by atoms with Gasteiger partial charge in [0, 0.05) is 16.9 Å². The number of halogens is 1. The Bertz CT molecular complexity index is 923. The molecule has 3 rings (SSSR count). The van der Waals surface area contributed by atoms with Crippen LogP contribution in [0.1, 0.15) is 29.7 Å². The number of thiocarbonyl (C=S) groups is 1. The van der Waals surface area contributed by atoms with Crippen molar-refractivity contribution in [1.82, 2.24) is 10.6 Å². The van der Waals surface area contributed by atoms with Gasteiger partial charge in [-0.1, -0.05) is 24.3 Å². The Morgan fingerprint density at radius 3 is 2.54 bits per heavy atom. The van der Waals surface area contributed by atoms with E-state index in [0.29, 0.717) is 27.6 Å². The highest BCUT2D eigenvalue weighted by Gasteiger charge is 2.31. The largest absolute Gasteiger partial charge is 0.351 e. The normalized spacial score (nSPS) is 16.8. The van der Waals surface area contributed by atoms with Crippen LogP contribution in [-0.4, -0.2) is 11.0 Å². The van der Waals surface area contributed by atoms with Crippen LogP contribution in [-0.2, 0) is 4.79 Å². The van der Waals surface area contributed by atoms with Crippen LogP contribution in [0.2, 0.25) is 0 Å². The summed E-state index contributed by atoms with van der Waals surface area (Å²) in [5.41, 5.74) is 4.30. The van der Waals surface area contributed by atoms with Crippen molar-refractivity contribution >= 4 is 28.9 Å². The Kier molecular flexibility index (Phi) is 5.04. The van der Waals surface area contributed by atoms with Gasteiger partial charge in [-0.05, 0) is 62.3 Å². The van der Waals surface area contributed by atoms with Crippen LogP contribution in [0.3, 0.4) is 0 Å². The lowest BCUT2D eigenvalue weighted by molar-refractivity contribution is -0.113. The quantitative estimate of drug-likeness (QED) is 0.719. The smallest absolute Gasteiger partial charge is 0.255 e. The van der Waals surface area contributed by atoms with Gasteiger partial charge in [0.05, 0.1) is 11.6 Å². The van der Waals surface area contributed by atoms with E-state index >= 15 is 0 Å². The van der Waals surface area contributed by atoms with Gasteiger partial charge in [-0.15, -0.1) is 0 Å². The maximum Gasteiger partial charge on any atom is 0.255 e. The molecule has 4 nitrogen and oxygen atoms in total. The summed E-state index contributed by atoms with van der Waals surface area (Å²) >= 11 is 5.19. The molecule has 0 saturated heterocycles. The molecule has 26 heavy (non-hydrogen) atoms. The fourth-order valence-electron chi connectivity index (χ4n) is 2.95. The Morgan fingerprint density at radius 2 is 1.85 bits per heavy atom. The third kappa shape index (κ3) is 3.60. The van der Waals surface area contributed by atoms with Crippen molar-refractivity contribution in [3.63, 3.8) is 0 Å². The first kappa shape index (κ1) is 18.1. The molecule has 1 aliphatic rings. The van der Waals surface area contributed by atoms with Gasteiger partial charge < -0.3 is 16.0 Å². The predicted octanol–water partition coefficient (Wildman–Crippen LogP) is 3.87. The molecule has 2 aromatic carbocycles. The van der Waals surface area contributed by atoms with Crippen LogP contribution in [0.4, 0.5) is 10.1 Å². The number of amides is 1. The number of rotatable bonds is 3. The summed E-state index contributed by atoms with van der Waals surface area (Å²) in [4.78, 5) is 13.0. The lowest BCUT2D eigenvalue weighted by Gasteiger charge is -2.30. The van der Waals surface area contributed by atoms with Gasteiger partial charge in [-0.25, -0.2) is 4.39 Å². The van der Waals surface area contributed by atoms with Crippen molar-refractivity contribution in [2.24, 2.45) is 0 Å². The highest BCUT2D eigenvalue weighted by atomic mass is 32.1. The standard InChI is InChI=1S/C20H20FN3OS/c1-11-8-9-14(10-12(11)2)23-19(25)17-13(3)22-20(26)24-18(17)15-6-4-5-7-16(15)21/h4-10,18H,1-3H3,(H,23,25)(H2,22,24,26)/t18-/m0/s1. The summed E-state index contributed by atoms with van der Waals surface area (Å²) in [6.07, 6.45) is 0. The van der Waals surface area contributed by atoms with Crippen LogP contribution >= 0.6 is 12.2 Å². The second kappa shape index (κ2) is 7.25. The number of carbonyl (C=O) groups is 1. The van der Waals surface area contributed by atoms with E-state index in [1.54, 1.807) is 25.1 Å². The molecule has 0 spiro atoms. The van der Waals surface area contributed by atoms with Gasteiger partial charge in [0.25, 0.3) is 5.91 Å². The van der Waals surface area contributed by atoms with Crippen molar-refractivity contribution < 1.29 is 9.18 Å². The zero-order valence-corrected chi connectivity index (χ0v) is 15.6. The molecule has 1 amide bonds. The second-order valence-electron chi connectivity index (χ2n) is 6.34. The summed E-state index contributed by atoms with van der Waals surface area (Å²) in [5, 5.41) is 9.22. The summed E-state index contributed by atoms with van der Waals surface area (Å²) < 4.78 is 14.3. The Hall–Kier alpha value is -2.73. The van der Waals surface area contributed by atoms with Crippen LogP contribution in [0.5, 0.6) is 0 Å². The SMILES string of the molecule is CC1=C(C(=O)Nc2ccc(C)c(C)c2)[C@H](c2ccccc2F)NC(=S)N1. The topological polar surface area (TPSA) is 53.2 Å². The lowest BCUT2D eigenvalue weighted by atomic mass is 9.94. The van der Waals surface area contributed by atoms with Crippen LogP contribution < -0.4 is 16.0 Å². The zero-order valence-electron chi connectivity index (χ0n) is 14.8. The first-order valence-corrected chi connectivity index (χ1v) is 8.69. The molecule has 0 unspecified atom stereocenters. The van der Waals surface area contributed by atoms with Gasteiger partial charge in [0.1, 0.15) is 5.82 Å². The molecule has 0 radical (unpaired) electrons. The molecule has 3 N–H and O–H groups in total. The fraction of sp³-hybridized carbons (Fsp3) is 0.200. The number of allylic oxidation sites excluding steroid dienone is 1. The van der Waals surface area contributed by atoms with E-state index in [0.717, 1.165) is 11.1 Å². The highest BCUT2D eigenvalue weighted by molar-refractivity contribution is 7.80. The number of benzene rings is 2. The molecule has 0 saturated carbocycles. The molecule has 1 heterocycles. The molecular formula is C20H20FN3OS. The van der Waals surface area contributed by atoms with E-state index < -0.39 is 6.04 Å². The van der Waals surface area contributed by atoms with E-state index in [1.807, 2.05) is 32.0 Å². The van der Waals surface area contributed by atoms with Crippen molar-refractivity contribution in [2.75, 3.05) is 5.32 Å². The average molecular weight is 369 g/mol. The third-order valence-electron chi connectivity index (χ3n) is 4.49. The molecule has 134 valence electrons. The Balaban J connectivity index is 1.97. The molecule has 1 aliphatic heterocycles. The van der Waals surface area contributed by atoms with Gasteiger partial charge >= 0.3 is 0 Å². The van der Waals surface area contributed by atoms with Crippen LogP contribution in [0.25, 0.3) is 0 Å². The van der Waals surface area contributed by atoms with E-state index in [4.69, 9.17) is 12.2 Å². The number of carbonyl (C=O) groups excluding carboxylic acids is 1. The van der Waals surface area contributed by atoms with Crippen molar-refractivity contribution in [1.29, 1.82) is 0 Å². The maximum absolute atomic E-state index is 14.3. The molecule has 1 atom stereocenters. The van der Waals surface area contributed by atoms with E-state index in [2.05, 4.69) is 16.0 Å². The van der Waals surface area contributed by atoms with Crippen LogP contribution in [0.15, 0.2) is 53.7 Å². The van der Waals surface area contributed by atoms with E-state index in [1.165, 1.54) is 6.07 Å². The number of aryl methyl sites for hydroxylation is 2. The average Bonchev–Trinajstić information content (AvgIpc) is 2.57. The molecule has 0 aromatic heterocycles. The summed E-state index contributed by atoms with van der Waals surface area (Å²) in [5.74, 6) is -0.694. The highest BCUT2D eigenvalue weighted by Crippen LogP contribution is 2.29. The number of hydrogen-bond donors (Lipinski definition) is 3. The predicted molar refractivity (Wildman–Crippen MR) is 105 cm³/mol. The molecule has 6 heteroatoms. The Morgan fingerprint density at radius 1 is 1.12 bits per heavy atom. The fourth-order valence-corrected chi connectivity index (χ4v) is 3.23. The summed E-state index contributed by atoms with van der Waals surface area (Å²) in [6, 6.07) is 11.4. The Labute approximate surface area is 157 Å². The monoisotopic (exact) mass is 369 g/mol. The second-order valence-corrected chi connectivity index (χ2v) is 6.75. The number of anilines is 1. The first-order chi connectivity index (χ1) is 12.4. The molecular weight excluding hydrogens is 349 g/mol. The molecule has 0 bridgehead atoms. The van der Waals surface area contributed by atoms with Crippen molar-refractivity contribution in [3.05, 3.63) is 76.2 Å². The number of nitrogens with one attached hydrogen (secondary N) is 3. The summed E-state index contributed by atoms with van der Waals surface area (Å²) in [6.45, 7) is 5.76. The van der Waals surface area contributed by atoms with E-state index in [9.17, 15) is 9.18 Å². The number of hydrogen-bond acceptors (Lipinski definition) is 2. The van der Waals surface area contributed by atoms with Gasteiger partial charge in [0.2, 0.25) is 0 Å². The minimum Gasteiger partial charge on any atom is -0.351 e. The van der Waals surface area contributed by atoms with Gasteiger partial charge in [-0.3, -0.25) is 4.79 Å². The van der Waals surface area contributed by atoms with Crippen molar-refractivity contribution in [2.45, 2.75) is 26.8 Å². The van der Waals surface area contributed by atoms with Crippen LogP contribution in [0, 0.1) is 19.7 Å². The van der Waals surface area contributed by atoms with E-state index in [-0.39, 0.29) is 11.7 Å². The molecule has 0 fully saturated rings. The lowest BCUT2D eigenvalue weighted by Crippen LogP contribution is -2.46. The van der Waals surface area contributed by atoms with Crippen molar-refractivity contribution in [3.8, 4) is 0 Å². The van der Waals surface area contributed by atoms with Gasteiger partial charge in [0.15, 0.2) is 5.11 Å². The third-order valence-corrected chi connectivity index (χ3v) is 4.71. The molecule has 2 aromatic rings. The molecule has 0 aliphatic carbocycles. The first-order valence-electron chi connectivity index (χ1n) is 8.28.